The monoisotopic (exact) mass is 399 g/mol. The van der Waals surface area contributed by atoms with Crippen molar-refractivity contribution in [2.45, 2.75) is 32.2 Å². The first-order valence-electron chi connectivity index (χ1n) is 10.0. The number of piperidine rings is 1. The van der Waals surface area contributed by atoms with Crippen LogP contribution in [0.2, 0.25) is 5.02 Å². The van der Waals surface area contributed by atoms with E-state index < -0.39 is 0 Å². The van der Waals surface area contributed by atoms with Gasteiger partial charge in [0.15, 0.2) is 11.6 Å². The molecule has 0 radical (unpaired) electrons. The summed E-state index contributed by atoms with van der Waals surface area (Å²) in [5, 5.41) is 9.59. The van der Waals surface area contributed by atoms with Gasteiger partial charge in [0.1, 0.15) is 0 Å². The smallest absolute Gasteiger partial charge is 0.253 e. The van der Waals surface area contributed by atoms with Gasteiger partial charge in [0, 0.05) is 49.4 Å². The summed E-state index contributed by atoms with van der Waals surface area (Å²) < 4.78 is 0. The molecule has 2 aliphatic rings. The Morgan fingerprint density at radius 2 is 1.61 bits per heavy atom. The van der Waals surface area contributed by atoms with Crippen LogP contribution in [-0.4, -0.2) is 59.8 Å². The number of rotatable bonds is 3. The van der Waals surface area contributed by atoms with Gasteiger partial charge in [-0.15, -0.1) is 10.2 Å². The van der Waals surface area contributed by atoms with E-state index in [0.29, 0.717) is 29.7 Å². The van der Waals surface area contributed by atoms with Gasteiger partial charge in [-0.3, -0.25) is 4.79 Å². The summed E-state index contributed by atoms with van der Waals surface area (Å²) in [6.07, 6.45) is 3.73. The molecule has 2 saturated heterocycles. The second kappa shape index (κ2) is 8.35. The van der Waals surface area contributed by atoms with Crippen molar-refractivity contribution >= 4 is 29.1 Å². The highest BCUT2D eigenvalue weighted by Crippen LogP contribution is 2.24. The molecule has 1 aromatic carbocycles. The van der Waals surface area contributed by atoms with Crippen molar-refractivity contribution in [3.8, 4) is 0 Å². The molecular formula is C21H26ClN5O. The fourth-order valence-corrected chi connectivity index (χ4v) is 4.12. The Morgan fingerprint density at radius 1 is 0.929 bits per heavy atom. The molecule has 1 atom stereocenters. The molecule has 1 amide bonds. The van der Waals surface area contributed by atoms with Gasteiger partial charge in [-0.2, -0.15) is 0 Å². The molecule has 0 N–H and O–H groups in total. The van der Waals surface area contributed by atoms with Crippen LogP contribution in [0.3, 0.4) is 0 Å². The largest absolute Gasteiger partial charge is 0.352 e. The van der Waals surface area contributed by atoms with E-state index >= 15 is 0 Å². The average Bonchev–Trinajstić information content (AvgIpc) is 2.74. The highest BCUT2D eigenvalue weighted by molar-refractivity contribution is 6.30. The highest BCUT2D eigenvalue weighted by atomic mass is 35.5. The summed E-state index contributed by atoms with van der Waals surface area (Å²) >= 11 is 5.91. The van der Waals surface area contributed by atoms with Crippen LogP contribution in [0.5, 0.6) is 0 Å². The summed E-state index contributed by atoms with van der Waals surface area (Å²) in [6.45, 7) is 6.18. The summed E-state index contributed by atoms with van der Waals surface area (Å²) in [5.74, 6) is 1.90. The lowest BCUT2D eigenvalue weighted by atomic mass is 10.0. The number of anilines is 2. The van der Waals surface area contributed by atoms with Gasteiger partial charge < -0.3 is 14.7 Å². The Hall–Kier alpha value is -2.34. The first-order chi connectivity index (χ1) is 13.6. The number of carbonyl (C=O) groups is 1. The molecule has 0 aliphatic carbocycles. The molecule has 1 aromatic heterocycles. The number of benzene rings is 1. The Kier molecular flexibility index (Phi) is 5.67. The molecule has 0 bridgehead atoms. The quantitative estimate of drug-likeness (QED) is 0.791. The van der Waals surface area contributed by atoms with Crippen LogP contribution >= 0.6 is 11.6 Å². The second-order valence-corrected chi connectivity index (χ2v) is 8.01. The van der Waals surface area contributed by atoms with Crippen molar-refractivity contribution in [1.82, 2.24) is 15.1 Å². The van der Waals surface area contributed by atoms with Crippen molar-refractivity contribution in [2.75, 3.05) is 42.5 Å². The van der Waals surface area contributed by atoms with Gasteiger partial charge in [0.05, 0.1) is 0 Å². The molecule has 0 spiro atoms. The van der Waals surface area contributed by atoms with Crippen LogP contribution < -0.4 is 9.80 Å². The normalized spacial score (nSPS) is 20.4. The van der Waals surface area contributed by atoms with Gasteiger partial charge in [-0.05, 0) is 62.6 Å². The molecule has 7 heteroatoms. The predicted octanol–water partition coefficient (Wildman–Crippen LogP) is 3.47. The lowest BCUT2D eigenvalue weighted by molar-refractivity contribution is 0.0746. The maximum Gasteiger partial charge on any atom is 0.253 e. The summed E-state index contributed by atoms with van der Waals surface area (Å²) in [7, 11) is 0. The zero-order chi connectivity index (χ0) is 19.5. The number of aromatic nitrogens is 2. The van der Waals surface area contributed by atoms with Gasteiger partial charge in [-0.1, -0.05) is 11.6 Å². The first kappa shape index (κ1) is 19.0. The summed E-state index contributed by atoms with van der Waals surface area (Å²) in [4.78, 5) is 19.1. The molecule has 3 heterocycles. The minimum atomic E-state index is 0.0526. The number of hydrogen-bond donors (Lipinski definition) is 0. The van der Waals surface area contributed by atoms with Gasteiger partial charge in [0.2, 0.25) is 0 Å². The van der Waals surface area contributed by atoms with E-state index in [1.807, 2.05) is 4.90 Å². The Balaban J connectivity index is 1.35. The topological polar surface area (TPSA) is 52.6 Å². The fraction of sp³-hybridized carbons (Fsp3) is 0.476. The third-order valence-corrected chi connectivity index (χ3v) is 5.97. The maximum absolute atomic E-state index is 12.6. The molecule has 0 saturated carbocycles. The Morgan fingerprint density at radius 3 is 2.25 bits per heavy atom. The third kappa shape index (κ3) is 4.07. The van der Waals surface area contributed by atoms with Crippen molar-refractivity contribution in [2.24, 2.45) is 0 Å². The number of hydrogen-bond acceptors (Lipinski definition) is 5. The van der Waals surface area contributed by atoms with Crippen LogP contribution in [0, 0.1) is 0 Å². The van der Waals surface area contributed by atoms with Crippen LogP contribution in [0.1, 0.15) is 36.5 Å². The number of halogens is 1. The molecule has 28 heavy (non-hydrogen) atoms. The minimum absolute atomic E-state index is 0.0526. The Bertz CT molecular complexity index is 803. The van der Waals surface area contributed by atoms with Crippen molar-refractivity contribution in [1.29, 1.82) is 0 Å². The average molecular weight is 400 g/mol. The highest BCUT2D eigenvalue weighted by Gasteiger charge is 2.24. The van der Waals surface area contributed by atoms with Crippen LogP contribution in [0.25, 0.3) is 0 Å². The zero-order valence-corrected chi connectivity index (χ0v) is 17.0. The summed E-state index contributed by atoms with van der Waals surface area (Å²) in [6, 6.07) is 11.7. The maximum atomic E-state index is 12.6. The molecular weight excluding hydrogens is 374 g/mol. The van der Waals surface area contributed by atoms with E-state index in [2.05, 4.69) is 39.1 Å². The lowest BCUT2D eigenvalue weighted by Gasteiger charge is -2.36. The molecule has 1 unspecified atom stereocenters. The second-order valence-electron chi connectivity index (χ2n) is 7.57. The van der Waals surface area contributed by atoms with E-state index in [1.54, 1.807) is 24.3 Å². The van der Waals surface area contributed by atoms with Crippen molar-refractivity contribution < 1.29 is 4.79 Å². The molecule has 2 fully saturated rings. The van der Waals surface area contributed by atoms with Gasteiger partial charge in [-0.25, -0.2) is 0 Å². The minimum Gasteiger partial charge on any atom is -0.352 e. The van der Waals surface area contributed by atoms with E-state index in [4.69, 9.17) is 11.6 Å². The first-order valence-corrected chi connectivity index (χ1v) is 10.4. The number of piperazine rings is 1. The molecule has 6 nitrogen and oxygen atoms in total. The van der Waals surface area contributed by atoms with E-state index in [1.165, 1.54) is 19.3 Å². The fourth-order valence-electron chi connectivity index (χ4n) is 3.99. The standard InChI is InChI=1S/C21H26ClN5O/c1-16-4-2-3-11-27(16)20-10-9-19(23-24-20)25-12-14-26(15-13-25)21(28)17-5-7-18(22)8-6-17/h5-10,16H,2-4,11-15H2,1H3. The predicted molar refractivity (Wildman–Crippen MR) is 112 cm³/mol. The SMILES string of the molecule is CC1CCCCN1c1ccc(N2CCN(C(=O)c3ccc(Cl)cc3)CC2)nn1. The van der Waals surface area contributed by atoms with Crippen molar-refractivity contribution in [3.05, 3.63) is 47.0 Å². The van der Waals surface area contributed by atoms with Crippen LogP contribution in [0.4, 0.5) is 11.6 Å². The third-order valence-electron chi connectivity index (χ3n) is 5.72. The molecule has 2 aliphatic heterocycles. The molecule has 4 rings (SSSR count). The lowest BCUT2D eigenvalue weighted by Crippen LogP contribution is -2.49. The molecule has 2 aromatic rings. The zero-order valence-electron chi connectivity index (χ0n) is 16.2. The number of nitrogens with zero attached hydrogens (tertiary/aromatic N) is 5. The van der Waals surface area contributed by atoms with E-state index in [9.17, 15) is 4.79 Å². The van der Waals surface area contributed by atoms with Gasteiger partial charge >= 0.3 is 0 Å². The van der Waals surface area contributed by atoms with Crippen LogP contribution in [0.15, 0.2) is 36.4 Å². The van der Waals surface area contributed by atoms with Crippen LogP contribution in [-0.2, 0) is 0 Å². The number of amides is 1. The van der Waals surface area contributed by atoms with E-state index in [0.717, 1.165) is 31.3 Å². The number of carbonyl (C=O) groups excluding carboxylic acids is 1. The summed E-state index contributed by atoms with van der Waals surface area (Å²) in [5.41, 5.74) is 0.678. The Labute approximate surface area is 171 Å². The van der Waals surface area contributed by atoms with E-state index in [-0.39, 0.29) is 5.91 Å². The van der Waals surface area contributed by atoms with Crippen molar-refractivity contribution in [3.63, 3.8) is 0 Å². The van der Waals surface area contributed by atoms with Gasteiger partial charge in [0.25, 0.3) is 5.91 Å². The molecule has 148 valence electrons.